The third-order valence-electron chi connectivity index (χ3n) is 4.84. The van der Waals surface area contributed by atoms with Gasteiger partial charge in [0.1, 0.15) is 12.1 Å². The molecule has 0 bridgehead atoms. The summed E-state index contributed by atoms with van der Waals surface area (Å²) in [7, 11) is 3.83. The molecule has 0 aliphatic carbocycles. The average molecular weight is 449 g/mol. The second kappa shape index (κ2) is 11.7. The Kier molecular flexibility index (Phi) is 8.45. The van der Waals surface area contributed by atoms with Gasteiger partial charge in [-0.3, -0.25) is 9.59 Å². The monoisotopic (exact) mass is 448 g/mol. The number of benzene rings is 2. The largest absolute Gasteiger partial charge is 0.394 e. The standard InChI is InChI=1S/C24H28N6O3/c1-30(2)13-12-25-22(32)10-11-23(33)28-18-8-9-20-19(14-18)24(27-16-26-20)29-21(15-31)17-6-4-3-5-7-17/h3-11,14,16,21,31H,12-13,15H2,1-2H3,(H,25,32)(H,28,33)(H,26,27,29). The summed E-state index contributed by atoms with van der Waals surface area (Å²) in [6.45, 7) is 1.09. The molecule has 0 saturated carbocycles. The maximum Gasteiger partial charge on any atom is 0.248 e. The smallest absolute Gasteiger partial charge is 0.248 e. The van der Waals surface area contributed by atoms with Gasteiger partial charge in [-0.25, -0.2) is 9.97 Å². The van der Waals surface area contributed by atoms with Gasteiger partial charge in [-0.15, -0.1) is 0 Å². The third kappa shape index (κ3) is 7.09. The quantitative estimate of drug-likeness (QED) is 0.350. The van der Waals surface area contributed by atoms with Gasteiger partial charge < -0.3 is 26.0 Å². The number of aromatic nitrogens is 2. The third-order valence-corrected chi connectivity index (χ3v) is 4.84. The number of fused-ring (bicyclic) bond motifs is 1. The number of hydrogen-bond acceptors (Lipinski definition) is 7. The average Bonchev–Trinajstić information content (AvgIpc) is 2.81. The van der Waals surface area contributed by atoms with E-state index in [0.717, 1.165) is 5.56 Å². The Morgan fingerprint density at radius 2 is 1.82 bits per heavy atom. The number of nitrogens with one attached hydrogen (secondary N) is 3. The molecule has 1 aromatic heterocycles. The van der Waals surface area contributed by atoms with Crippen molar-refractivity contribution in [3.63, 3.8) is 0 Å². The van der Waals surface area contributed by atoms with Gasteiger partial charge in [-0.05, 0) is 37.9 Å². The van der Waals surface area contributed by atoms with Crippen molar-refractivity contribution in [1.29, 1.82) is 0 Å². The fourth-order valence-corrected chi connectivity index (χ4v) is 3.13. The topological polar surface area (TPSA) is 119 Å². The number of nitrogens with zero attached hydrogens (tertiary/aromatic N) is 3. The molecule has 0 aliphatic rings. The molecule has 0 saturated heterocycles. The van der Waals surface area contributed by atoms with Crippen LogP contribution < -0.4 is 16.0 Å². The summed E-state index contributed by atoms with van der Waals surface area (Å²) >= 11 is 0. The van der Waals surface area contributed by atoms with E-state index in [4.69, 9.17) is 0 Å². The minimum atomic E-state index is -0.430. The second-order valence-electron chi connectivity index (χ2n) is 7.66. The Morgan fingerprint density at radius 3 is 2.55 bits per heavy atom. The van der Waals surface area contributed by atoms with Gasteiger partial charge in [0.2, 0.25) is 11.8 Å². The van der Waals surface area contributed by atoms with Gasteiger partial charge in [-0.2, -0.15) is 0 Å². The van der Waals surface area contributed by atoms with E-state index in [1.807, 2.05) is 49.3 Å². The van der Waals surface area contributed by atoms with Crippen LogP contribution in [-0.4, -0.2) is 65.6 Å². The summed E-state index contributed by atoms with van der Waals surface area (Å²) in [5.41, 5.74) is 2.14. The van der Waals surface area contributed by atoms with Crippen LogP contribution in [0.25, 0.3) is 10.9 Å². The zero-order valence-corrected chi connectivity index (χ0v) is 18.7. The molecule has 0 radical (unpaired) electrons. The molecule has 9 nitrogen and oxygen atoms in total. The first-order valence-corrected chi connectivity index (χ1v) is 10.5. The fourth-order valence-electron chi connectivity index (χ4n) is 3.13. The van der Waals surface area contributed by atoms with Gasteiger partial charge in [0.25, 0.3) is 0 Å². The maximum absolute atomic E-state index is 12.3. The summed E-state index contributed by atoms with van der Waals surface area (Å²) in [6.07, 6.45) is 3.83. The van der Waals surface area contributed by atoms with Crippen molar-refractivity contribution < 1.29 is 14.7 Å². The minimum absolute atomic E-state index is 0.118. The van der Waals surface area contributed by atoms with Gasteiger partial charge in [0.15, 0.2) is 0 Å². The molecule has 0 fully saturated rings. The van der Waals surface area contributed by atoms with E-state index in [0.29, 0.717) is 35.5 Å². The number of rotatable bonds is 10. The normalized spacial score (nSPS) is 12.1. The molecule has 0 spiro atoms. The summed E-state index contributed by atoms with van der Waals surface area (Å²) < 4.78 is 0. The number of amides is 2. The first-order valence-electron chi connectivity index (χ1n) is 10.5. The Bertz CT molecular complexity index is 1120. The van der Waals surface area contributed by atoms with E-state index in [1.54, 1.807) is 18.2 Å². The highest BCUT2D eigenvalue weighted by molar-refractivity contribution is 6.04. The summed E-state index contributed by atoms with van der Waals surface area (Å²) in [5.74, 6) is -0.225. The molecular formula is C24H28N6O3. The Hall–Kier alpha value is -3.82. The lowest BCUT2D eigenvalue weighted by atomic mass is 10.1. The number of aliphatic hydroxyl groups is 1. The second-order valence-corrected chi connectivity index (χ2v) is 7.66. The van der Waals surface area contributed by atoms with Crippen LogP contribution in [0.3, 0.4) is 0 Å². The van der Waals surface area contributed by atoms with Gasteiger partial charge in [0.05, 0.1) is 18.2 Å². The van der Waals surface area contributed by atoms with Crippen molar-refractivity contribution in [2.45, 2.75) is 6.04 Å². The first kappa shape index (κ1) is 23.8. The van der Waals surface area contributed by atoms with E-state index in [-0.39, 0.29) is 18.6 Å². The Morgan fingerprint density at radius 1 is 1.06 bits per heavy atom. The fraction of sp³-hybridized carbons (Fsp3) is 0.250. The highest BCUT2D eigenvalue weighted by Gasteiger charge is 2.13. The number of likely N-dealkylation sites (N-methyl/N-ethyl adjacent to an activating group) is 1. The molecule has 0 aliphatic heterocycles. The van der Waals surface area contributed by atoms with Gasteiger partial charge in [0, 0.05) is 36.3 Å². The predicted octanol–water partition coefficient (Wildman–Crippen LogP) is 1.95. The Balaban J connectivity index is 1.70. The molecule has 1 atom stereocenters. The summed E-state index contributed by atoms with van der Waals surface area (Å²) in [4.78, 5) is 34.6. The number of carbonyl (C=O) groups excluding carboxylic acids is 2. The molecular weight excluding hydrogens is 420 g/mol. The van der Waals surface area contributed by atoms with Crippen LogP contribution in [0.15, 0.2) is 67.0 Å². The Labute approximate surface area is 192 Å². The molecule has 4 N–H and O–H groups in total. The van der Waals surface area contributed by atoms with E-state index in [9.17, 15) is 14.7 Å². The van der Waals surface area contributed by atoms with Crippen molar-refractivity contribution >= 4 is 34.2 Å². The molecule has 2 amide bonds. The van der Waals surface area contributed by atoms with E-state index >= 15 is 0 Å². The summed E-state index contributed by atoms with van der Waals surface area (Å²) in [5, 5.41) is 19.3. The first-order chi connectivity index (χ1) is 16.0. The molecule has 9 heteroatoms. The van der Waals surface area contributed by atoms with Crippen LogP contribution in [0.1, 0.15) is 11.6 Å². The van der Waals surface area contributed by atoms with Crippen LogP contribution in [0.2, 0.25) is 0 Å². The van der Waals surface area contributed by atoms with Crippen molar-refractivity contribution in [1.82, 2.24) is 20.2 Å². The zero-order valence-electron chi connectivity index (χ0n) is 18.7. The lowest BCUT2D eigenvalue weighted by Crippen LogP contribution is -2.30. The van der Waals surface area contributed by atoms with Crippen molar-refractivity contribution in [3.05, 3.63) is 72.6 Å². The van der Waals surface area contributed by atoms with E-state index < -0.39 is 5.91 Å². The van der Waals surface area contributed by atoms with Crippen molar-refractivity contribution in [2.75, 3.05) is 44.4 Å². The van der Waals surface area contributed by atoms with Crippen molar-refractivity contribution in [2.24, 2.45) is 0 Å². The molecule has 3 rings (SSSR count). The van der Waals surface area contributed by atoms with E-state index in [2.05, 4.69) is 25.9 Å². The minimum Gasteiger partial charge on any atom is -0.394 e. The molecule has 1 unspecified atom stereocenters. The number of carbonyl (C=O) groups is 2. The zero-order chi connectivity index (χ0) is 23.6. The number of aliphatic hydroxyl groups excluding tert-OH is 1. The van der Waals surface area contributed by atoms with Gasteiger partial charge >= 0.3 is 0 Å². The molecule has 2 aromatic carbocycles. The van der Waals surface area contributed by atoms with Crippen LogP contribution in [0, 0.1) is 0 Å². The summed E-state index contributed by atoms with van der Waals surface area (Å²) in [6, 6.07) is 14.5. The highest BCUT2D eigenvalue weighted by Crippen LogP contribution is 2.26. The van der Waals surface area contributed by atoms with Gasteiger partial charge in [-0.1, -0.05) is 30.3 Å². The molecule has 3 aromatic rings. The van der Waals surface area contributed by atoms with Crippen molar-refractivity contribution in [3.8, 4) is 0 Å². The molecule has 172 valence electrons. The molecule has 1 heterocycles. The SMILES string of the molecule is CN(C)CCNC(=O)C=CC(=O)Nc1ccc2ncnc(NC(CO)c3ccccc3)c2c1. The van der Waals surface area contributed by atoms with Crippen LogP contribution in [0.5, 0.6) is 0 Å². The van der Waals surface area contributed by atoms with Crippen LogP contribution in [-0.2, 0) is 9.59 Å². The van der Waals surface area contributed by atoms with Crippen LogP contribution >= 0.6 is 0 Å². The van der Waals surface area contributed by atoms with E-state index in [1.165, 1.54) is 18.5 Å². The lowest BCUT2D eigenvalue weighted by Gasteiger charge is -2.18. The lowest BCUT2D eigenvalue weighted by molar-refractivity contribution is -0.117. The predicted molar refractivity (Wildman–Crippen MR) is 129 cm³/mol. The molecule has 33 heavy (non-hydrogen) atoms. The van der Waals surface area contributed by atoms with Crippen LogP contribution in [0.4, 0.5) is 11.5 Å². The highest BCUT2D eigenvalue weighted by atomic mass is 16.3. The number of hydrogen-bond donors (Lipinski definition) is 4. The maximum atomic E-state index is 12.3. The number of anilines is 2.